The SMILES string of the molecule is Cc1cc(C)cc(C(C2=CC(c3ccccc3)=CC2)(c2cc(C)cc(C)c2)c2cc(C)cc(C)c2)c1. The van der Waals surface area contributed by atoms with Crippen molar-refractivity contribution in [3.05, 3.63) is 158 Å². The van der Waals surface area contributed by atoms with Crippen LogP contribution in [0.5, 0.6) is 0 Å². The summed E-state index contributed by atoms with van der Waals surface area (Å²) < 4.78 is 0. The minimum absolute atomic E-state index is 0.378. The summed E-state index contributed by atoms with van der Waals surface area (Å²) in [6.07, 6.45) is 5.80. The van der Waals surface area contributed by atoms with Gasteiger partial charge in [-0.25, -0.2) is 0 Å². The molecule has 1 aliphatic carbocycles. The van der Waals surface area contributed by atoms with Gasteiger partial charge in [0.1, 0.15) is 0 Å². The van der Waals surface area contributed by atoms with Crippen LogP contribution < -0.4 is 0 Å². The molecule has 0 N–H and O–H groups in total. The molecule has 0 nitrogen and oxygen atoms in total. The molecule has 0 fully saturated rings. The van der Waals surface area contributed by atoms with Gasteiger partial charge in [-0.1, -0.05) is 130 Å². The van der Waals surface area contributed by atoms with Gasteiger partial charge in [-0.3, -0.25) is 0 Å². The summed E-state index contributed by atoms with van der Waals surface area (Å²) in [4.78, 5) is 0. The second-order valence-electron chi connectivity index (χ2n) is 10.8. The molecule has 0 saturated carbocycles. The number of benzene rings is 4. The molecule has 0 atom stereocenters. The second kappa shape index (κ2) is 9.43. The Balaban J connectivity index is 1.89. The molecule has 0 aliphatic heterocycles. The lowest BCUT2D eigenvalue weighted by Gasteiger charge is -2.39. The van der Waals surface area contributed by atoms with Crippen LogP contribution in [0.25, 0.3) is 5.57 Å². The van der Waals surface area contributed by atoms with Crippen molar-refractivity contribution in [1.29, 1.82) is 0 Å². The van der Waals surface area contributed by atoms with E-state index in [1.807, 2.05) is 0 Å². The Morgan fingerprint density at radius 1 is 0.500 bits per heavy atom. The van der Waals surface area contributed by atoms with E-state index < -0.39 is 0 Å². The molecule has 0 heteroatoms. The lowest BCUT2D eigenvalue weighted by Crippen LogP contribution is -2.32. The second-order valence-corrected chi connectivity index (χ2v) is 10.8. The van der Waals surface area contributed by atoms with Crippen molar-refractivity contribution in [2.45, 2.75) is 53.4 Å². The number of hydrogen-bond acceptors (Lipinski definition) is 0. The molecule has 4 aromatic rings. The Morgan fingerprint density at radius 3 is 1.28 bits per heavy atom. The van der Waals surface area contributed by atoms with Gasteiger partial charge in [-0.05, 0) is 81.4 Å². The van der Waals surface area contributed by atoms with Crippen molar-refractivity contribution < 1.29 is 0 Å². The van der Waals surface area contributed by atoms with Crippen LogP contribution in [-0.4, -0.2) is 0 Å². The molecule has 36 heavy (non-hydrogen) atoms. The fraction of sp³-hybridized carbons (Fsp3) is 0.222. The summed E-state index contributed by atoms with van der Waals surface area (Å²) in [5.41, 5.74) is 15.5. The van der Waals surface area contributed by atoms with Gasteiger partial charge in [0, 0.05) is 0 Å². The molecule has 0 spiro atoms. The fourth-order valence-corrected chi connectivity index (χ4v) is 6.25. The van der Waals surface area contributed by atoms with Crippen molar-refractivity contribution in [3.63, 3.8) is 0 Å². The predicted molar refractivity (Wildman–Crippen MR) is 155 cm³/mol. The summed E-state index contributed by atoms with van der Waals surface area (Å²) in [7, 11) is 0. The Morgan fingerprint density at radius 2 is 0.889 bits per heavy atom. The van der Waals surface area contributed by atoms with Crippen molar-refractivity contribution >= 4 is 5.57 Å². The molecule has 0 saturated heterocycles. The van der Waals surface area contributed by atoms with E-state index in [1.54, 1.807) is 0 Å². The van der Waals surface area contributed by atoms with Gasteiger partial charge in [0.15, 0.2) is 0 Å². The molecule has 0 amide bonds. The van der Waals surface area contributed by atoms with E-state index in [2.05, 4.69) is 139 Å². The number of rotatable bonds is 5. The molecule has 4 aromatic carbocycles. The first-order chi connectivity index (χ1) is 17.3. The fourth-order valence-electron chi connectivity index (χ4n) is 6.25. The van der Waals surface area contributed by atoms with Crippen LogP contribution in [0.1, 0.15) is 62.1 Å². The van der Waals surface area contributed by atoms with Crippen LogP contribution in [0.15, 0.2) is 103 Å². The smallest absolute Gasteiger partial charge is 0.0668 e. The lowest BCUT2D eigenvalue weighted by atomic mass is 9.63. The standard InChI is InChI=1S/C36H36/c1-24-14-25(2)18-33(17-24)36(34-19-26(3)15-27(4)20-34,35-21-28(5)16-29(6)22-35)32-13-12-31(23-32)30-10-8-7-9-11-30/h7-12,14-23H,13H2,1-6H3. The van der Waals surface area contributed by atoms with Crippen LogP contribution in [0.3, 0.4) is 0 Å². The molecule has 0 unspecified atom stereocenters. The van der Waals surface area contributed by atoms with E-state index in [9.17, 15) is 0 Å². The van der Waals surface area contributed by atoms with Crippen molar-refractivity contribution in [3.8, 4) is 0 Å². The van der Waals surface area contributed by atoms with Crippen LogP contribution in [-0.2, 0) is 5.41 Å². The van der Waals surface area contributed by atoms with E-state index in [0.717, 1.165) is 6.42 Å². The maximum atomic E-state index is 2.46. The largest absolute Gasteiger partial charge is 0.0725 e. The van der Waals surface area contributed by atoms with E-state index in [1.165, 1.54) is 66.8 Å². The Bertz CT molecular complexity index is 1310. The first-order valence-electron chi connectivity index (χ1n) is 13.0. The molecule has 0 radical (unpaired) electrons. The highest BCUT2D eigenvalue weighted by Crippen LogP contribution is 2.50. The molecule has 0 heterocycles. The maximum Gasteiger partial charge on any atom is 0.0668 e. The molecule has 180 valence electrons. The lowest BCUT2D eigenvalue weighted by molar-refractivity contribution is 0.706. The minimum Gasteiger partial charge on any atom is -0.0725 e. The van der Waals surface area contributed by atoms with Gasteiger partial charge in [0.25, 0.3) is 0 Å². The summed E-state index contributed by atoms with van der Waals surface area (Å²) in [5.74, 6) is 0. The monoisotopic (exact) mass is 468 g/mol. The van der Waals surface area contributed by atoms with Crippen LogP contribution in [0.2, 0.25) is 0 Å². The van der Waals surface area contributed by atoms with E-state index in [0.29, 0.717) is 0 Å². The van der Waals surface area contributed by atoms with Gasteiger partial charge in [-0.2, -0.15) is 0 Å². The Hall–Kier alpha value is -3.64. The summed E-state index contributed by atoms with van der Waals surface area (Å²) in [5, 5.41) is 0. The van der Waals surface area contributed by atoms with Gasteiger partial charge >= 0.3 is 0 Å². The maximum absolute atomic E-state index is 2.46. The van der Waals surface area contributed by atoms with Crippen LogP contribution in [0, 0.1) is 41.5 Å². The first-order valence-corrected chi connectivity index (χ1v) is 13.0. The number of allylic oxidation sites excluding steroid dienone is 4. The Kier molecular flexibility index (Phi) is 6.31. The quantitative estimate of drug-likeness (QED) is 0.256. The zero-order valence-corrected chi connectivity index (χ0v) is 22.4. The molecular formula is C36H36. The Labute approximate surface area is 217 Å². The summed E-state index contributed by atoms with van der Waals surface area (Å²) in [6.45, 7) is 13.3. The molecule has 1 aliphatic rings. The van der Waals surface area contributed by atoms with Gasteiger partial charge in [0.2, 0.25) is 0 Å². The highest BCUT2D eigenvalue weighted by atomic mass is 14.4. The van der Waals surface area contributed by atoms with Crippen molar-refractivity contribution in [2.24, 2.45) is 0 Å². The molecular weight excluding hydrogens is 432 g/mol. The van der Waals surface area contributed by atoms with Crippen LogP contribution >= 0.6 is 0 Å². The van der Waals surface area contributed by atoms with Gasteiger partial charge in [0.05, 0.1) is 5.41 Å². The highest BCUT2D eigenvalue weighted by molar-refractivity contribution is 5.80. The van der Waals surface area contributed by atoms with Gasteiger partial charge < -0.3 is 0 Å². The topological polar surface area (TPSA) is 0 Å². The number of aryl methyl sites for hydroxylation is 6. The summed E-state index contributed by atoms with van der Waals surface area (Å²) in [6, 6.07) is 32.1. The average Bonchev–Trinajstić information content (AvgIpc) is 3.29. The van der Waals surface area contributed by atoms with Crippen molar-refractivity contribution in [2.75, 3.05) is 0 Å². The first kappa shape index (κ1) is 24.1. The third-order valence-electron chi connectivity index (χ3n) is 7.42. The minimum atomic E-state index is -0.378. The molecule has 5 rings (SSSR count). The normalized spacial score (nSPS) is 13.5. The number of hydrogen-bond donors (Lipinski definition) is 0. The highest BCUT2D eigenvalue weighted by Gasteiger charge is 2.41. The van der Waals surface area contributed by atoms with Crippen molar-refractivity contribution in [1.82, 2.24) is 0 Å². The third-order valence-corrected chi connectivity index (χ3v) is 7.42. The van der Waals surface area contributed by atoms with Crippen LogP contribution in [0.4, 0.5) is 0 Å². The molecule has 0 aromatic heterocycles. The van der Waals surface area contributed by atoms with E-state index >= 15 is 0 Å². The van der Waals surface area contributed by atoms with E-state index in [-0.39, 0.29) is 5.41 Å². The zero-order valence-electron chi connectivity index (χ0n) is 22.4. The average molecular weight is 469 g/mol. The molecule has 0 bridgehead atoms. The zero-order chi connectivity index (χ0) is 25.4. The van der Waals surface area contributed by atoms with Gasteiger partial charge in [-0.15, -0.1) is 0 Å². The summed E-state index contributed by atoms with van der Waals surface area (Å²) >= 11 is 0. The third kappa shape index (κ3) is 4.37. The predicted octanol–water partition coefficient (Wildman–Crippen LogP) is 9.29. The van der Waals surface area contributed by atoms with E-state index in [4.69, 9.17) is 0 Å².